The molecule has 1 heterocycles. The van der Waals surface area contributed by atoms with Crippen molar-refractivity contribution in [3.05, 3.63) is 59.9 Å². The van der Waals surface area contributed by atoms with Gasteiger partial charge in [-0.2, -0.15) is 0 Å². The van der Waals surface area contributed by atoms with Crippen molar-refractivity contribution < 1.29 is 13.2 Å². The van der Waals surface area contributed by atoms with E-state index in [1.54, 1.807) is 30.6 Å². The first-order chi connectivity index (χ1) is 13.0. The molecule has 0 aliphatic heterocycles. The summed E-state index contributed by atoms with van der Waals surface area (Å²) < 4.78 is 28.2. The highest BCUT2D eigenvalue weighted by Crippen LogP contribution is 2.20. The molecule has 3 rings (SSSR count). The zero-order valence-electron chi connectivity index (χ0n) is 15.2. The second-order valence-electron chi connectivity index (χ2n) is 6.88. The number of amides is 1. The van der Waals surface area contributed by atoms with Gasteiger partial charge in [0.25, 0.3) is 5.91 Å². The first kappa shape index (κ1) is 19.5. The lowest BCUT2D eigenvalue weighted by molar-refractivity contribution is 0.0950. The third-order valence-electron chi connectivity index (χ3n) is 4.76. The maximum atomic E-state index is 12.7. The zero-order chi connectivity index (χ0) is 19.1. The molecule has 2 aromatic rings. The fourth-order valence-electron chi connectivity index (χ4n) is 3.28. The summed E-state index contributed by atoms with van der Waals surface area (Å²) >= 11 is 0. The highest BCUT2D eigenvalue weighted by Gasteiger charge is 2.22. The van der Waals surface area contributed by atoms with E-state index in [2.05, 4.69) is 15.0 Å². The Labute approximate surface area is 160 Å². The molecule has 0 saturated heterocycles. The van der Waals surface area contributed by atoms with Crippen molar-refractivity contribution in [2.24, 2.45) is 0 Å². The molecule has 1 fully saturated rings. The van der Waals surface area contributed by atoms with Gasteiger partial charge in [0.2, 0.25) is 10.0 Å². The number of hydrogen-bond donors (Lipinski definition) is 2. The largest absolute Gasteiger partial charge is 0.348 e. The van der Waals surface area contributed by atoms with Gasteiger partial charge >= 0.3 is 0 Å². The smallest absolute Gasteiger partial charge is 0.251 e. The van der Waals surface area contributed by atoms with Gasteiger partial charge in [0.15, 0.2) is 0 Å². The molecule has 0 unspecified atom stereocenters. The summed E-state index contributed by atoms with van der Waals surface area (Å²) in [5.74, 6) is -0.314. The Bertz CT molecular complexity index is 861. The molecule has 1 aliphatic rings. The summed E-state index contributed by atoms with van der Waals surface area (Å²) in [5, 5.41) is 2.79. The first-order valence-electron chi connectivity index (χ1n) is 9.34. The number of nitrogens with zero attached hydrogens (tertiary/aromatic N) is 1. The molecule has 0 spiro atoms. The van der Waals surface area contributed by atoms with E-state index in [1.807, 2.05) is 6.07 Å². The van der Waals surface area contributed by atoms with Crippen molar-refractivity contribution in [3.63, 3.8) is 0 Å². The SMILES string of the molecule is O=C(NCc1cccnc1)c1cccc(S(=O)(=O)NC2CCCCCC2)c1. The van der Waals surface area contributed by atoms with Crippen molar-refractivity contribution in [2.75, 3.05) is 0 Å². The molecule has 1 saturated carbocycles. The van der Waals surface area contributed by atoms with Crippen molar-refractivity contribution in [3.8, 4) is 0 Å². The third kappa shape index (κ3) is 5.61. The Balaban J connectivity index is 1.67. The Hall–Kier alpha value is -2.25. The van der Waals surface area contributed by atoms with Gasteiger partial charge in [-0.3, -0.25) is 9.78 Å². The second kappa shape index (κ2) is 9.10. The van der Waals surface area contributed by atoms with Gasteiger partial charge in [0, 0.05) is 30.5 Å². The summed E-state index contributed by atoms with van der Waals surface area (Å²) in [6, 6.07) is 9.80. The number of rotatable bonds is 6. The molecule has 1 aromatic heterocycles. The van der Waals surface area contributed by atoms with E-state index in [0.717, 1.165) is 44.1 Å². The predicted molar refractivity (Wildman–Crippen MR) is 104 cm³/mol. The molecule has 7 heteroatoms. The van der Waals surface area contributed by atoms with Crippen LogP contribution < -0.4 is 10.0 Å². The molecule has 1 aromatic carbocycles. The minimum Gasteiger partial charge on any atom is -0.348 e. The third-order valence-corrected chi connectivity index (χ3v) is 6.28. The van der Waals surface area contributed by atoms with Crippen LogP contribution in [0.15, 0.2) is 53.7 Å². The van der Waals surface area contributed by atoms with Gasteiger partial charge in [-0.25, -0.2) is 13.1 Å². The summed E-state index contributed by atoms with van der Waals surface area (Å²) in [6.45, 7) is 0.337. The van der Waals surface area contributed by atoms with Crippen molar-refractivity contribution in [1.82, 2.24) is 15.0 Å². The Morgan fingerprint density at radius 2 is 1.85 bits per heavy atom. The van der Waals surface area contributed by atoms with Crippen molar-refractivity contribution in [1.29, 1.82) is 0 Å². The predicted octanol–water partition coefficient (Wildman–Crippen LogP) is 3.01. The van der Waals surface area contributed by atoms with E-state index in [1.165, 1.54) is 12.1 Å². The molecule has 6 nitrogen and oxygen atoms in total. The monoisotopic (exact) mass is 387 g/mol. The van der Waals surface area contributed by atoms with Crippen molar-refractivity contribution in [2.45, 2.75) is 56.0 Å². The maximum absolute atomic E-state index is 12.7. The second-order valence-corrected chi connectivity index (χ2v) is 8.60. The van der Waals surface area contributed by atoms with E-state index in [-0.39, 0.29) is 16.8 Å². The Morgan fingerprint density at radius 1 is 1.07 bits per heavy atom. The van der Waals surface area contributed by atoms with Crippen LogP contribution in [0.1, 0.15) is 54.4 Å². The van der Waals surface area contributed by atoms with E-state index in [0.29, 0.717) is 12.1 Å². The van der Waals surface area contributed by atoms with E-state index in [9.17, 15) is 13.2 Å². The van der Waals surface area contributed by atoms with Gasteiger partial charge in [-0.1, -0.05) is 37.8 Å². The zero-order valence-corrected chi connectivity index (χ0v) is 16.0. The first-order valence-corrected chi connectivity index (χ1v) is 10.8. The van der Waals surface area contributed by atoms with Gasteiger partial charge in [0.1, 0.15) is 0 Å². The fourth-order valence-corrected chi connectivity index (χ4v) is 4.63. The van der Waals surface area contributed by atoms with Crippen LogP contribution in [0.5, 0.6) is 0 Å². The number of hydrogen-bond acceptors (Lipinski definition) is 4. The average molecular weight is 388 g/mol. The van der Waals surface area contributed by atoms with Crippen LogP contribution >= 0.6 is 0 Å². The van der Waals surface area contributed by atoms with Crippen LogP contribution in [0.2, 0.25) is 0 Å². The standard InChI is InChI=1S/C20H25N3O3S/c24-20(22-15-16-7-6-12-21-14-16)17-8-5-11-19(13-17)27(25,26)23-18-9-3-1-2-4-10-18/h5-8,11-14,18,23H,1-4,9-10,15H2,(H,22,24). The van der Waals surface area contributed by atoms with E-state index < -0.39 is 10.0 Å². The van der Waals surface area contributed by atoms with Gasteiger partial charge < -0.3 is 5.32 Å². The summed E-state index contributed by atoms with van der Waals surface area (Å²) in [7, 11) is -3.64. The highest BCUT2D eigenvalue weighted by molar-refractivity contribution is 7.89. The fraction of sp³-hybridized carbons (Fsp3) is 0.400. The number of pyridine rings is 1. The highest BCUT2D eigenvalue weighted by atomic mass is 32.2. The summed E-state index contributed by atoms with van der Waals surface area (Å²) in [5.41, 5.74) is 1.20. The lowest BCUT2D eigenvalue weighted by Gasteiger charge is -2.16. The quantitative estimate of drug-likeness (QED) is 0.746. The minimum atomic E-state index is -3.64. The molecule has 0 bridgehead atoms. The van der Waals surface area contributed by atoms with Crippen LogP contribution in [0.25, 0.3) is 0 Å². The number of nitrogens with one attached hydrogen (secondary N) is 2. The van der Waals surface area contributed by atoms with Crippen LogP contribution in [-0.2, 0) is 16.6 Å². The summed E-state index contributed by atoms with van der Waals surface area (Å²) in [4.78, 5) is 16.5. The molecular formula is C20H25N3O3S. The lowest BCUT2D eigenvalue weighted by Crippen LogP contribution is -2.34. The lowest BCUT2D eigenvalue weighted by atomic mass is 10.1. The Morgan fingerprint density at radius 3 is 2.56 bits per heavy atom. The summed E-state index contributed by atoms with van der Waals surface area (Å²) in [6.07, 6.45) is 9.48. The van der Waals surface area contributed by atoms with Gasteiger partial charge in [-0.15, -0.1) is 0 Å². The van der Waals surface area contributed by atoms with E-state index in [4.69, 9.17) is 0 Å². The van der Waals surface area contributed by atoms with Gasteiger partial charge in [0.05, 0.1) is 4.90 Å². The number of benzene rings is 1. The molecule has 27 heavy (non-hydrogen) atoms. The van der Waals surface area contributed by atoms with Crippen LogP contribution in [0.4, 0.5) is 0 Å². The van der Waals surface area contributed by atoms with Gasteiger partial charge in [-0.05, 0) is 42.7 Å². The molecule has 0 atom stereocenters. The topological polar surface area (TPSA) is 88.2 Å². The number of sulfonamides is 1. The minimum absolute atomic E-state index is 0.0273. The molecule has 1 aliphatic carbocycles. The molecule has 144 valence electrons. The van der Waals surface area contributed by atoms with Crippen molar-refractivity contribution >= 4 is 15.9 Å². The van der Waals surface area contributed by atoms with Crippen LogP contribution in [0.3, 0.4) is 0 Å². The Kier molecular flexibility index (Phi) is 6.58. The normalized spacial score (nSPS) is 15.9. The average Bonchev–Trinajstić information content (AvgIpc) is 2.95. The van der Waals surface area contributed by atoms with Crippen LogP contribution in [-0.4, -0.2) is 25.4 Å². The number of carbonyl (C=O) groups is 1. The molecule has 0 radical (unpaired) electrons. The van der Waals surface area contributed by atoms with E-state index >= 15 is 0 Å². The number of carbonyl (C=O) groups excluding carboxylic acids is 1. The molecular weight excluding hydrogens is 362 g/mol. The molecule has 1 amide bonds. The van der Waals surface area contributed by atoms with Crippen LogP contribution in [0, 0.1) is 0 Å². The maximum Gasteiger partial charge on any atom is 0.251 e. The molecule has 2 N–H and O–H groups in total. The number of aromatic nitrogens is 1.